The second kappa shape index (κ2) is 8.10. The first kappa shape index (κ1) is 17.6. The van der Waals surface area contributed by atoms with Gasteiger partial charge >= 0.3 is 0 Å². The summed E-state index contributed by atoms with van der Waals surface area (Å²) in [5.41, 5.74) is 6.24. The van der Waals surface area contributed by atoms with Gasteiger partial charge in [-0.15, -0.1) is 12.4 Å². The van der Waals surface area contributed by atoms with Gasteiger partial charge in [-0.2, -0.15) is 0 Å². The number of amides is 1. The number of rotatable bonds is 5. The van der Waals surface area contributed by atoms with Crippen LogP contribution in [0, 0.1) is 5.92 Å². The highest BCUT2D eigenvalue weighted by Gasteiger charge is 2.28. The molecule has 1 aliphatic carbocycles. The molecule has 21 heavy (non-hydrogen) atoms. The first-order valence-corrected chi connectivity index (χ1v) is 6.93. The van der Waals surface area contributed by atoms with Gasteiger partial charge < -0.3 is 20.5 Å². The largest absolute Gasteiger partial charge is 0.493 e. The SMILES string of the molecule is COc1cccc(C(=O)NC2CCCC2CN)c1OC.Cl. The molecule has 5 nitrogen and oxygen atoms in total. The van der Waals surface area contributed by atoms with Crippen molar-refractivity contribution in [2.45, 2.75) is 25.3 Å². The Morgan fingerprint density at radius 1 is 1.33 bits per heavy atom. The smallest absolute Gasteiger partial charge is 0.255 e. The lowest BCUT2D eigenvalue weighted by molar-refractivity contribution is 0.0925. The molecule has 0 aromatic heterocycles. The van der Waals surface area contributed by atoms with Crippen molar-refractivity contribution < 1.29 is 14.3 Å². The minimum Gasteiger partial charge on any atom is -0.493 e. The summed E-state index contributed by atoms with van der Waals surface area (Å²) in [5, 5.41) is 3.07. The summed E-state index contributed by atoms with van der Waals surface area (Å²) in [7, 11) is 3.09. The van der Waals surface area contributed by atoms with Crippen molar-refractivity contribution in [3.8, 4) is 11.5 Å². The number of nitrogens with one attached hydrogen (secondary N) is 1. The molecule has 1 saturated carbocycles. The molecule has 0 saturated heterocycles. The zero-order valence-electron chi connectivity index (χ0n) is 12.4. The van der Waals surface area contributed by atoms with Crippen LogP contribution in [0.4, 0.5) is 0 Å². The lowest BCUT2D eigenvalue weighted by Crippen LogP contribution is -2.40. The number of hydrogen-bond donors (Lipinski definition) is 2. The average molecular weight is 315 g/mol. The van der Waals surface area contributed by atoms with E-state index in [0.717, 1.165) is 19.3 Å². The summed E-state index contributed by atoms with van der Waals surface area (Å²) in [6.07, 6.45) is 3.18. The van der Waals surface area contributed by atoms with E-state index in [-0.39, 0.29) is 24.4 Å². The van der Waals surface area contributed by atoms with Gasteiger partial charge in [0.05, 0.1) is 19.8 Å². The van der Waals surface area contributed by atoms with Gasteiger partial charge in [-0.25, -0.2) is 0 Å². The Morgan fingerprint density at radius 2 is 2.10 bits per heavy atom. The van der Waals surface area contributed by atoms with Crippen molar-refractivity contribution in [2.24, 2.45) is 11.7 Å². The molecule has 0 heterocycles. The topological polar surface area (TPSA) is 73.6 Å². The van der Waals surface area contributed by atoms with Crippen LogP contribution in [0.2, 0.25) is 0 Å². The van der Waals surface area contributed by atoms with Gasteiger partial charge in [-0.1, -0.05) is 12.5 Å². The monoisotopic (exact) mass is 314 g/mol. The number of carbonyl (C=O) groups excluding carboxylic acids is 1. The van der Waals surface area contributed by atoms with E-state index in [2.05, 4.69) is 5.32 Å². The average Bonchev–Trinajstić information content (AvgIpc) is 2.93. The quantitative estimate of drug-likeness (QED) is 0.871. The standard InChI is InChI=1S/C15H22N2O3.ClH/c1-19-13-8-4-6-11(14(13)20-2)15(18)17-12-7-3-5-10(12)9-16;/h4,6,8,10,12H,3,5,7,9,16H2,1-2H3,(H,17,18);1H. The zero-order chi connectivity index (χ0) is 14.5. The van der Waals surface area contributed by atoms with E-state index in [0.29, 0.717) is 29.5 Å². The number of carbonyl (C=O) groups is 1. The second-order valence-electron chi connectivity index (χ2n) is 5.05. The first-order valence-electron chi connectivity index (χ1n) is 6.93. The third kappa shape index (κ3) is 3.80. The number of hydrogen-bond acceptors (Lipinski definition) is 4. The Labute approximate surface area is 131 Å². The van der Waals surface area contributed by atoms with Crippen molar-refractivity contribution >= 4 is 18.3 Å². The van der Waals surface area contributed by atoms with E-state index in [1.165, 1.54) is 7.11 Å². The molecule has 0 aliphatic heterocycles. The fourth-order valence-corrected chi connectivity index (χ4v) is 2.82. The van der Waals surface area contributed by atoms with Crippen molar-refractivity contribution in [1.29, 1.82) is 0 Å². The number of ether oxygens (including phenoxy) is 2. The summed E-state index contributed by atoms with van der Waals surface area (Å²) in [6, 6.07) is 5.45. The fourth-order valence-electron chi connectivity index (χ4n) is 2.82. The van der Waals surface area contributed by atoms with Crippen LogP contribution in [0.15, 0.2) is 18.2 Å². The molecule has 1 aromatic rings. The van der Waals surface area contributed by atoms with Crippen molar-refractivity contribution in [2.75, 3.05) is 20.8 Å². The third-order valence-electron chi connectivity index (χ3n) is 3.93. The number of para-hydroxylation sites is 1. The third-order valence-corrected chi connectivity index (χ3v) is 3.93. The summed E-state index contributed by atoms with van der Waals surface area (Å²) in [4.78, 5) is 12.4. The Balaban J connectivity index is 0.00000220. The molecule has 1 aromatic carbocycles. The van der Waals surface area contributed by atoms with Gasteiger partial charge in [0.2, 0.25) is 0 Å². The van der Waals surface area contributed by atoms with Crippen LogP contribution in [-0.4, -0.2) is 32.7 Å². The Kier molecular flexibility index (Phi) is 6.78. The highest BCUT2D eigenvalue weighted by atomic mass is 35.5. The van der Waals surface area contributed by atoms with Crippen molar-refractivity contribution in [3.05, 3.63) is 23.8 Å². The lowest BCUT2D eigenvalue weighted by atomic mass is 10.0. The van der Waals surface area contributed by atoms with E-state index in [1.807, 2.05) is 0 Å². The maximum Gasteiger partial charge on any atom is 0.255 e. The normalized spacial score (nSPS) is 20.5. The van der Waals surface area contributed by atoms with E-state index in [9.17, 15) is 4.79 Å². The molecule has 2 unspecified atom stereocenters. The van der Waals surface area contributed by atoms with Crippen LogP contribution in [-0.2, 0) is 0 Å². The molecule has 0 bridgehead atoms. The molecule has 0 radical (unpaired) electrons. The van der Waals surface area contributed by atoms with Crippen LogP contribution < -0.4 is 20.5 Å². The van der Waals surface area contributed by atoms with Crippen molar-refractivity contribution in [3.63, 3.8) is 0 Å². The Bertz CT molecular complexity index is 482. The van der Waals surface area contributed by atoms with Crippen LogP contribution in [0.5, 0.6) is 11.5 Å². The Hall–Kier alpha value is -1.46. The number of methoxy groups -OCH3 is 2. The fraction of sp³-hybridized carbons (Fsp3) is 0.533. The first-order chi connectivity index (χ1) is 9.71. The van der Waals surface area contributed by atoms with E-state index < -0.39 is 0 Å². The Morgan fingerprint density at radius 3 is 2.71 bits per heavy atom. The van der Waals surface area contributed by atoms with Gasteiger partial charge in [-0.3, -0.25) is 4.79 Å². The van der Waals surface area contributed by atoms with Crippen LogP contribution >= 0.6 is 12.4 Å². The number of nitrogens with two attached hydrogens (primary N) is 1. The van der Waals surface area contributed by atoms with Gasteiger partial charge in [-0.05, 0) is 37.4 Å². The lowest BCUT2D eigenvalue weighted by Gasteiger charge is -2.20. The molecular formula is C15H23ClN2O3. The van der Waals surface area contributed by atoms with Gasteiger partial charge in [0, 0.05) is 6.04 Å². The van der Waals surface area contributed by atoms with Crippen LogP contribution in [0.25, 0.3) is 0 Å². The van der Waals surface area contributed by atoms with Gasteiger partial charge in [0.15, 0.2) is 11.5 Å². The van der Waals surface area contributed by atoms with Gasteiger partial charge in [0.25, 0.3) is 5.91 Å². The molecular weight excluding hydrogens is 292 g/mol. The van der Waals surface area contributed by atoms with Crippen LogP contribution in [0.3, 0.4) is 0 Å². The predicted molar refractivity (Wildman–Crippen MR) is 84.4 cm³/mol. The molecule has 0 spiro atoms. The highest BCUT2D eigenvalue weighted by molar-refractivity contribution is 5.98. The summed E-state index contributed by atoms with van der Waals surface area (Å²) in [5.74, 6) is 1.26. The minimum atomic E-state index is -0.133. The highest BCUT2D eigenvalue weighted by Crippen LogP contribution is 2.31. The zero-order valence-corrected chi connectivity index (χ0v) is 13.2. The minimum absolute atomic E-state index is 0. The predicted octanol–water partition coefficient (Wildman–Crippen LogP) is 1.98. The van der Waals surface area contributed by atoms with Gasteiger partial charge in [0.1, 0.15) is 0 Å². The molecule has 1 aliphatic rings. The molecule has 3 N–H and O–H groups in total. The van der Waals surface area contributed by atoms with E-state index in [4.69, 9.17) is 15.2 Å². The van der Waals surface area contributed by atoms with E-state index in [1.54, 1.807) is 25.3 Å². The maximum absolute atomic E-state index is 12.4. The summed E-state index contributed by atoms with van der Waals surface area (Å²) < 4.78 is 10.5. The second-order valence-corrected chi connectivity index (χ2v) is 5.05. The number of halogens is 1. The maximum atomic E-state index is 12.4. The molecule has 118 valence electrons. The molecule has 1 amide bonds. The van der Waals surface area contributed by atoms with E-state index >= 15 is 0 Å². The number of benzene rings is 1. The molecule has 2 rings (SSSR count). The van der Waals surface area contributed by atoms with Crippen molar-refractivity contribution in [1.82, 2.24) is 5.32 Å². The summed E-state index contributed by atoms with van der Waals surface area (Å²) in [6.45, 7) is 0.611. The molecule has 6 heteroatoms. The van der Waals surface area contributed by atoms with Crippen LogP contribution in [0.1, 0.15) is 29.6 Å². The molecule has 2 atom stereocenters. The summed E-state index contributed by atoms with van der Waals surface area (Å²) >= 11 is 0. The molecule has 1 fully saturated rings.